The van der Waals surface area contributed by atoms with Crippen LogP contribution in [0.5, 0.6) is 0 Å². The molecule has 2 unspecified atom stereocenters. The van der Waals surface area contributed by atoms with Crippen LogP contribution >= 0.6 is 8.03 Å². The molecule has 2 atom stereocenters. The molecule has 0 aliphatic carbocycles. The van der Waals surface area contributed by atoms with Gasteiger partial charge in [-0.3, -0.25) is 0 Å². The highest BCUT2D eigenvalue weighted by Gasteiger charge is 2.20. The maximum Gasteiger partial charge on any atom is 0.508 e. The van der Waals surface area contributed by atoms with Crippen LogP contribution in [0.1, 0.15) is 26.7 Å². The molecular weight excluding hydrogens is 173 g/mol. The molecule has 0 amide bonds. The maximum absolute atomic E-state index is 11.2. The van der Waals surface area contributed by atoms with Gasteiger partial charge in [0.2, 0.25) is 0 Å². The zero-order valence-corrected chi connectivity index (χ0v) is 8.85. The second-order valence-electron chi connectivity index (χ2n) is 3.00. The lowest BCUT2D eigenvalue weighted by Crippen LogP contribution is -2.03. The normalized spacial score (nSPS) is 14.4. The first kappa shape index (κ1) is 12.0. The van der Waals surface area contributed by atoms with Crippen LogP contribution in [0.4, 0.5) is 0 Å². The zero-order chi connectivity index (χ0) is 9.40. The highest BCUT2D eigenvalue weighted by atomic mass is 31.1. The predicted molar refractivity (Wildman–Crippen MR) is 51.6 cm³/mol. The molecule has 0 rings (SSSR count). The molecule has 12 heavy (non-hydrogen) atoms. The Morgan fingerprint density at radius 2 is 2.25 bits per heavy atom. The molecule has 0 saturated carbocycles. The Balaban J connectivity index is 3.33. The lowest BCUT2D eigenvalue weighted by atomic mass is 10.2. The van der Waals surface area contributed by atoms with Crippen molar-refractivity contribution in [3.05, 3.63) is 0 Å². The van der Waals surface area contributed by atoms with Crippen LogP contribution in [0, 0.1) is 5.92 Å². The zero-order valence-electron chi connectivity index (χ0n) is 7.95. The standard InChI is InChI=1S/C8H19NO2P/c1-3-8(2)7-12(10)11-6-4-5-9/h8H,3-7,9H2,1-2H3/q+1. The lowest BCUT2D eigenvalue weighted by Gasteiger charge is -1.97. The fourth-order valence-corrected chi connectivity index (χ4v) is 1.89. The summed E-state index contributed by atoms with van der Waals surface area (Å²) in [5.74, 6) is 0.492. The topological polar surface area (TPSA) is 52.3 Å². The summed E-state index contributed by atoms with van der Waals surface area (Å²) in [6.07, 6.45) is 2.53. The van der Waals surface area contributed by atoms with Crippen molar-refractivity contribution in [3.8, 4) is 0 Å². The van der Waals surface area contributed by atoms with Crippen molar-refractivity contribution in [3.63, 3.8) is 0 Å². The number of hydrogen-bond donors (Lipinski definition) is 1. The van der Waals surface area contributed by atoms with Crippen molar-refractivity contribution < 1.29 is 9.09 Å². The van der Waals surface area contributed by atoms with Crippen LogP contribution in [0.3, 0.4) is 0 Å². The summed E-state index contributed by atoms with van der Waals surface area (Å²) < 4.78 is 16.3. The molecule has 0 heterocycles. The maximum atomic E-state index is 11.2. The Morgan fingerprint density at radius 1 is 1.58 bits per heavy atom. The SMILES string of the molecule is CCC(C)C[P+](=O)OCCCN. The number of nitrogens with two attached hydrogens (primary N) is 1. The molecule has 0 aromatic heterocycles. The summed E-state index contributed by atoms with van der Waals surface area (Å²) in [5.41, 5.74) is 5.27. The Hall–Kier alpha value is 0.0200. The van der Waals surface area contributed by atoms with Gasteiger partial charge in [0, 0.05) is 5.92 Å². The van der Waals surface area contributed by atoms with Crippen LogP contribution in [-0.4, -0.2) is 19.3 Å². The van der Waals surface area contributed by atoms with E-state index in [1.54, 1.807) is 0 Å². The van der Waals surface area contributed by atoms with E-state index >= 15 is 0 Å². The molecule has 0 aliphatic heterocycles. The largest absolute Gasteiger partial charge is 0.508 e. The van der Waals surface area contributed by atoms with Crippen LogP contribution in [-0.2, 0) is 9.09 Å². The number of hydrogen-bond acceptors (Lipinski definition) is 3. The molecule has 0 aromatic carbocycles. The fraction of sp³-hybridized carbons (Fsp3) is 1.00. The van der Waals surface area contributed by atoms with E-state index < -0.39 is 8.03 Å². The Morgan fingerprint density at radius 3 is 2.75 bits per heavy atom. The summed E-state index contributed by atoms with van der Waals surface area (Å²) in [4.78, 5) is 0. The van der Waals surface area contributed by atoms with Crippen molar-refractivity contribution in [2.75, 3.05) is 19.3 Å². The monoisotopic (exact) mass is 192 g/mol. The molecule has 0 aliphatic rings. The first-order valence-corrected chi connectivity index (χ1v) is 5.84. The number of rotatable bonds is 7. The molecular formula is C8H19NO2P+. The predicted octanol–water partition coefficient (Wildman–Crippen LogP) is 2.14. The van der Waals surface area contributed by atoms with E-state index in [1.165, 1.54) is 0 Å². The van der Waals surface area contributed by atoms with Crippen LogP contribution < -0.4 is 5.73 Å². The van der Waals surface area contributed by atoms with Crippen molar-refractivity contribution in [2.45, 2.75) is 26.7 Å². The van der Waals surface area contributed by atoms with E-state index in [0.717, 1.165) is 12.8 Å². The Kier molecular flexibility index (Phi) is 7.67. The van der Waals surface area contributed by atoms with Crippen LogP contribution in [0.25, 0.3) is 0 Å². The highest BCUT2D eigenvalue weighted by Crippen LogP contribution is 2.26. The first-order chi connectivity index (χ1) is 5.70. The minimum atomic E-state index is -1.44. The van der Waals surface area contributed by atoms with Gasteiger partial charge in [0.1, 0.15) is 6.61 Å². The van der Waals surface area contributed by atoms with Gasteiger partial charge in [0.15, 0.2) is 6.16 Å². The van der Waals surface area contributed by atoms with Crippen molar-refractivity contribution in [1.82, 2.24) is 0 Å². The highest BCUT2D eigenvalue weighted by molar-refractivity contribution is 7.39. The summed E-state index contributed by atoms with van der Waals surface area (Å²) in [7, 11) is -1.44. The van der Waals surface area contributed by atoms with Gasteiger partial charge in [-0.25, -0.2) is 0 Å². The summed E-state index contributed by atoms with van der Waals surface area (Å²) in [6.45, 7) is 5.31. The van der Waals surface area contributed by atoms with Gasteiger partial charge in [0.05, 0.1) is 0 Å². The van der Waals surface area contributed by atoms with E-state index in [1.807, 2.05) is 0 Å². The first-order valence-electron chi connectivity index (χ1n) is 4.48. The average molecular weight is 192 g/mol. The Labute approximate surface area is 75.5 Å². The average Bonchev–Trinajstić information content (AvgIpc) is 2.05. The smallest absolute Gasteiger partial charge is 0.330 e. The van der Waals surface area contributed by atoms with E-state index in [0.29, 0.717) is 25.2 Å². The molecule has 0 aromatic rings. The summed E-state index contributed by atoms with van der Waals surface area (Å²) >= 11 is 0. The van der Waals surface area contributed by atoms with Crippen LogP contribution in [0.2, 0.25) is 0 Å². The van der Waals surface area contributed by atoms with E-state index in [-0.39, 0.29) is 0 Å². The molecule has 72 valence electrons. The van der Waals surface area contributed by atoms with E-state index in [9.17, 15) is 4.57 Å². The molecule has 0 bridgehead atoms. The van der Waals surface area contributed by atoms with Gasteiger partial charge in [-0.05, 0) is 24.0 Å². The van der Waals surface area contributed by atoms with Gasteiger partial charge in [0.25, 0.3) is 0 Å². The summed E-state index contributed by atoms with van der Waals surface area (Å²) in [6, 6.07) is 0. The molecule has 4 heteroatoms. The van der Waals surface area contributed by atoms with Gasteiger partial charge in [-0.2, -0.15) is 0 Å². The third-order valence-corrected chi connectivity index (χ3v) is 3.13. The molecule has 0 radical (unpaired) electrons. The van der Waals surface area contributed by atoms with E-state index in [2.05, 4.69) is 13.8 Å². The van der Waals surface area contributed by atoms with Gasteiger partial charge in [-0.15, -0.1) is 4.52 Å². The molecule has 3 nitrogen and oxygen atoms in total. The molecule has 2 N–H and O–H groups in total. The van der Waals surface area contributed by atoms with Crippen molar-refractivity contribution in [1.29, 1.82) is 0 Å². The minimum Gasteiger partial charge on any atom is -0.330 e. The summed E-state index contributed by atoms with van der Waals surface area (Å²) in [5, 5.41) is 0. The third-order valence-electron chi connectivity index (χ3n) is 1.74. The van der Waals surface area contributed by atoms with E-state index in [4.69, 9.17) is 10.3 Å². The van der Waals surface area contributed by atoms with Gasteiger partial charge < -0.3 is 5.73 Å². The molecule has 0 saturated heterocycles. The van der Waals surface area contributed by atoms with Crippen LogP contribution in [0.15, 0.2) is 0 Å². The van der Waals surface area contributed by atoms with Gasteiger partial charge >= 0.3 is 8.03 Å². The molecule has 0 spiro atoms. The minimum absolute atomic E-state index is 0.492. The lowest BCUT2D eigenvalue weighted by molar-refractivity contribution is 0.321. The van der Waals surface area contributed by atoms with Gasteiger partial charge in [-0.1, -0.05) is 13.8 Å². The second kappa shape index (κ2) is 7.66. The van der Waals surface area contributed by atoms with Crippen molar-refractivity contribution in [2.24, 2.45) is 11.7 Å². The quantitative estimate of drug-likeness (QED) is 0.496. The fourth-order valence-electron chi connectivity index (χ4n) is 0.686. The second-order valence-corrected chi connectivity index (χ2v) is 4.29. The van der Waals surface area contributed by atoms with Crippen molar-refractivity contribution >= 4 is 8.03 Å². The third kappa shape index (κ3) is 6.71. The Bertz CT molecular complexity index is 130. The molecule has 0 fully saturated rings.